The van der Waals surface area contributed by atoms with Crippen molar-refractivity contribution in [1.82, 2.24) is 0 Å². The zero-order valence-electron chi connectivity index (χ0n) is 26.5. The average molecular weight is 734 g/mol. The van der Waals surface area contributed by atoms with Crippen LogP contribution in [0.5, 0.6) is 0 Å². The van der Waals surface area contributed by atoms with Crippen LogP contribution in [0.3, 0.4) is 0 Å². The zero-order chi connectivity index (χ0) is 28.0. The molecule has 0 aliphatic heterocycles. The fourth-order valence-electron chi connectivity index (χ4n) is 5.46. The molecule has 0 aromatic rings. The fourth-order valence-corrected chi connectivity index (χ4v) is 20.8. The van der Waals surface area contributed by atoms with Gasteiger partial charge < -0.3 is 0 Å². The van der Waals surface area contributed by atoms with Crippen molar-refractivity contribution in [2.75, 3.05) is 21.3 Å². The van der Waals surface area contributed by atoms with Crippen molar-refractivity contribution in [1.29, 1.82) is 0 Å². The molecule has 0 saturated heterocycles. The van der Waals surface area contributed by atoms with Gasteiger partial charge in [0.15, 0.2) is 0 Å². The van der Waals surface area contributed by atoms with Gasteiger partial charge >= 0.3 is 244 Å². The number of hydrogen-bond donors (Lipinski definition) is 0. The molecule has 0 radical (unpaired) electrons. The standard InChI is InChI=1S/C9H15O3Si.3C8H17.Pt/c1-10-13(11-2,12-3)8-9-6-4-5-7-9;3*1-3-5-7-8-6-4-2;/h4,6H,5,8H2,1-3H3;3*1,3-8H2,2H3;. The van der Waals surface area contributed by atoms with Crippen LogP contribution in [0, 0.1) is 0 Å². The van der Waals surface area contributed by atoms with Gasteiger partial charge in [-0.25, -0.2) is 0 Å². The summed E-state index contributed by atoms with van der Waals surface area (Å²) in [7, 11) is 2.68. The molecule has 230 valence electrons. The summed E-state index contributed by atoms with van der Waals surface area (Å²) in [5, 5.41) is 0. The number of hydrogen-bond acceptors (Lipinski definition) is 3. The van der Waals surface area contributed by atoms with Crippen LogP contribution in [-0.2, 0) is 29.3 Å². The molecule has 0 aromatic carbocycles. The Morgan fingerprint density at radius 2 is 0.947 bits per heavy atom. The molecule has 0 fully saturated rings. The molecule has 5 heteroatoms. The predicted molar refractivity (Wildman–Crippen MR) is 167 cm³/mol. The zero-order valence-corrected chi connectivity index (χ0v) is 29.7. The van der Waals surface area contributed by atoms with Crippen LogP contribution >= 0.6 is 0 Å². The molecule has 0 N–H and O–H groups in total. The van der Waals surface area contributed by atoms with Crippen LogP contribution in [0.25, 0.3) is 0 Å². The Hall–Kier alpha value is 0.265. The Morgan fingerprint density at radius 1 is 0.579 bits per heavy atom. The first kappa shape index (κ1) is 36.3. The first-order valence-corrected chi connectivity index (χ1v) is 24.0. The van der Waals surface area contributed by atoms with Crippen LogP contribution in [0.15, 0.2) is 21.7 Å². The van der Waals surface area contributed by atoms with E-state index in [1.807, 2.05) is 3.96 Å². The second kappa shape index (κ2) is 22.9. The van der Waals surface area contributed by atoms with E-state index in [0.29, 0.717) is 0 Å². The monoisotopic (exact) mass is 733 g/mol. The van der Waals surface area contributed by atoms with Gasteiger partial charge in [0.2, 0.25) is 0 Å². The predicted octanol–water partition coefficient (Wildman–Crippen LogP) is 11.6. The summed E-state index contributed by atoms with van der Waals surface area (Å²) in [5.74, 6) is 0. The Morgan fingerprint density at radius 3 is 1.32 bits per heavy atom. The van der Waals surface area contributed by atoms with Crippen molar-refractivity contribution < 1.29 is 29.3 Å². The Labute approximate surface area is 243 Å². The van der Waals surface area contributed by atoms with Gasteiger partial charge in [-0.1, -0.05) is 0 Å². The molecule has 3 nitrogen and oxygen atoms in total. The third kappa shape index (κ3) is 13.8. The first-order chi connectivity index (χ1) is 18.6. The molecule has 0 spiro atoms. The van der Waals surface area contributed by atoms with E-state index in [9.17, 15) is 0 Å². The summed E-state index contributed by atoms with van der Waals surface area (Å²) in [6, 6.07) is 0.844. The number of rotatable bonds is 27. The Bertz CT molecular complexity index is 581. The minimum absolute atomic E-state index is 0.844. The van der Waals surface area contributed by atoms with E-state index in [2.05, 4.69) is 32.9 Å². The van der Waals surface area contributed by atoms with E-state index in [0.717, 1.165) is 6.04 Å². The second-order valence-electron chi connectivity index (χ2n) is 11.1. The normalized spacial score (nSPS) is 14.7. The van der Waals surface area contributed by atoms with E-state index >= 15 is 0 Å². The molecule has 0 heterocycles. The number of allylic oxidation sites excluding steroid dienone is 4. The van der Waals surface area contributed by atoms with Gasteiger partial charge in [0, 0.05) is 0 Å². The minimum atomic E-state index is -2.64. The van der Waals surface area contributed by atoms with Gasteiger partial charge in [0.1, 0.15) is 0 Å². The molecule has 0 amide bonds. The first-order valence-electron chi connectivity index (χ1n) is 16.1. The van der Waals surface area contributed by atoms with Crippen LogP contribution < -0.4 is 0 Å². The van der Waals surface area contributed by atoms with E-state index < -0.39 is 24.9 Å². The summed E-state index contributed by atoms with van der Waals surface area (Å²) in [6.45, 7) is 6.97. The molecule has 1 aliphatic carbocycles. The quantitative estimate of drug-likeness (QED) is 0.0621. The molecule has 0 atom stereocenters. The summed E-state index contributed by atoms with van der Waals surface area (Å²) in [4.78, 5) is 4.60. The van der Waals surface area contributed by atoms with Crippen molar-refractivity contribution in [3.63, 3.8) is 0 Å². The van der Waals surface area contributed by atoms with Crippen LogP contribution in [0.2, 0.25) is 20.5 Å². The van der Waals surface area contributed by atoms with Gasteiger partial charge in [0.05, 0.1) is 0 Å². The van der Waals surface area contributed by atoms with E-state index in [1.165, 1.54) is 136 Å². The summed E-state index contributed by atoms with van der Waals surface area (Å²) in [5.41, 5.74) is 1.54. The third-order valence-electron chi connectivity index (χ3n) is 7.98. The molecule has 1 aliphatic rings. The number of unbranched alkanes of at least 4 members (excludes halogenated alkanes) is 15. The van der Waals surface area contributed by atoms with Crippen LogP contribution in [-0.4, -0.2) is 30.1 Å². The molecule has 38 heavy (non-hydrogen) atoms. The molecule has 0 unspecified atom stereocenters. The Balaban J connectivity index is 3.14. The van der Waals surface area contributed by atoms with Gasteiger partial charge in [-0.05, 0) is 0 Å². The van der Waals surface area contributed by atoms with Crippen molar-refractivity contribution in [3.05, 3.63) is 21.7 Å². The Kier molecular flexibility index (Phi) is 21.9. The van der Waals surface area contributed by atoms with Crippen molar-refractivity contribution >= 4 is 8.80 Å². The molecule has 1 rings (SSSR count). The summed E-state index contributed by atoms with van der Waals surface area (Å²) >= 11 is -2.17. The van der Waals surface area contributed by atoms with Gasteiger partial charge in [-0.15, -0.1) is 0 Å². The van der Waals surface area contributed by atoms with Gasteiger partial charge in [-0.2, -0.15) is 0 Å². The summed E-state index contributed by atoms with van der Waals surface area (Å²) in [6.07, 6.45) is 31.5. The van der Waals surface area contributed by atoms with E-state index in [1.54, 1.807) is 26.9 Å². The summed E-state index contributed by atoms with van der Waals surface area (Å²) < 4.78 is 19.6. The van der Waals surface area contributed by atoms with E-state index in [4.69, 9.17) is 13.3 Å². The molecular weight excluding hydrogens is 668 g/mol. The van der Waals surface area contributed by atoms with Gasteiger partial charge in [0.25, 0.3) is 0 Å². The fraction of sp³-hybridized carbons (Fsp3) is 0.879. The third-order valence-corrected chi connectivity index (χ3v) is 23.7. The topological polar surface area (TPSA) is 27.7 Å². The average Bonchev–Trinajstić information content (AvgIpc) is 3.41. The maximum atomic E-state index is 5.91. The molecular formula is C33H66O3PtSi. The van der Waals surface area contributed by atoms with Crippen molar-refractivity contribution in [2.45, 2.75) is 163 Å². The van der Waals surface area contributed by atoms with E-state index in [-0.39, 0.29) is 0 Å². The molecule has 0 aromatic heterocycles. The van der Waals surface area contributed by atoms with Crippen molar-refractivity contribution in [2.24, 2.45) is 0 Å². The van der Waals surface area contributed by atoms with Gasteiger partial charge in [-0.3, -0.25) is 0 Å². The second-order valence-corrected chi connectivity index (χ2v) is 24.6. The van der Waals surface area contributed by atoms with Crippen molar-refractivity contribution in [3.8, 4) is 0 Å². The molecule has 0 bridgehead atoms. The SMILES string of the molecule is CCCCCCC[CH2][Pt]([CH2]CCCCCCC)([CH2]CCCCCCC)[C]1=C(C[Si](OC)(OC)OC)C=CC1. The van der Waals surface area contributed by atoms with Crippen LogP contribution in [0.4, 0.5) is 0 Å². The molecule has 0 saturated carbocycles. The maximum absolute atomic E-state index is 5.91. The van der Waals surface area contributed by atoms with Crippen LogP contribution in [0.1, 0.15) is 143 Å².